The van der Waals surface area contributed by atoms with Crippen LogP contribution in [0.1, 0.15) is 19.7 Å². The maximum atomic E-state index is 14.2. The summed E-state index contributed by atoms with van der Waals surface area (Å²) in [5, 5.41) is 9.78. The third kappa shape index (κ3) is 2.34. The van der Waals surface area contributed by atoms with Gasteiger partial charge in [0.25, 0.3) is 0 Å². The number of hydrogen-bond acceptors (Lipinski definition) is 6. The first-order valence-corrected chi connectivity index (χ1v) is 7.15. The Hall–Kier alpha value is -1.03. The number of thiol groups is 1. The van der Waals surface area contributed by atoms with Gasteiger partial charge in [0.1, 0.15) is 11.6 Å². The number of benzene rings is 1. The fourth-order valence-corrected chi connectivity index (χ4v) is 2.71. The Bertz CT molecular complexity index is 704. The number of fused-ring (bicyclic) bond motifs is 1. The molecule has 0 radical (unpaired) electrons. The minimum atomic E-state index is -0.890. The molecule has 3 N–H and O–H groups in total. The minimum absolute atomic E-state index is 0.0194. The molecule has 8 heteroatoms. The lowest BCUT2D eigenvalue weighted by Crippen LogP contribution is -2.15. The average molecular weight is 409 g/mol. The standard InChI is InChI=1S/C12H13FIN3O2S/c1-12(2,20)11-16-7-4(10(15)17-11)5(13)8(18)9(19-3)6(7)14/h18,20H,1-3H3,(H2,15,16,17). The fraction of sp³-hybridized carbons (Fsp3) is 0.333. The Morgan fingerprint density at radius 1 is 1.40 bits per heavy atom. The molecule has 0 aliphatic carbocycles. The summed E-state index contributed by atoms with van der Waals surface area (Å²) in [6.45, 7) is 3.61. The zero-order valence-electron chi connectivity index (χ0n) is 11.0. The van der Waals surface area contributed by atoms with Crippen molar-refractivity contribution in [1.29, 1.82) is 0 Å². The third-order valence-electron chi connectivity index (χ3n) is 2.74. The predicted molar refractivity (Wildman–Crippen MR) is 86.9 cm³/mol. The van der Waals surface area contributed by atoms with E-state index < -0.39 is 16.3 Å². The number of phenolic OH excluding ortho intramolecular Hbond substituents is 1. The van der Waals surface area contributed by atoms with Gasteiger partial charge in [-0.25, -0.2) is 14.4 Å². The molecule has 0 atom stereocenters. The van der Waals surface area contributed by atoms with Crippen LogP contribution in [-0.4, -0.2) is 22.2 Å². The van der Waals surface area contributed by atoms with Gasteiger partial charge in [-0.05, 0) is 36.4 Å². The molecular formula is C12H13FIN3O2S. The van der Waals surface area contributed by atoms with E-state index in [0.29, 0.717) is 14.9 Å². The number of hydrogen-bond donors (Lipinski definition) is 3. The first kappa shape index (κ1) is 15.4. The van der Waals surface area contributed by atoms with E-state index >= 15 is 0 Å². The molecule has 5 nitrogen and oxygen atoms in total. The van der Waals surface area contributed by atoms with Crippen molar-refractivity contribution in [3.05, 3.63) is 15.2 Å². The monoisotopic (exact) mass is 409 g/mol. The molecule has 0 aliphatic heterocycles. The van der Waals surface area contributed by atoms with E-state index in [4.69, 9.17) is 10.5 Å². The number of nitrogens with two attached hydrogens (primary N) is 1. The number of aromatic nitrogens is 2. The van der Waals surface area contributed by atoms with Gasteiger partial charge in [0.15, 0.2) is 17.3 Å². The molecule has 0 fully saturated rings. The summed E-state index contributed by atoms with van der Waals surface area (Å²) >= 11 is 6.31. The Morgan fingerprint density at radius 3 is 2.50 bits per heavy atom. The van der Waals surface area contributed by atoms with Gasteiger partial charge >= 0.3 is 0 Å². The maximum Gasteiger partial charge on any atom is 0.196 e. The lowest BCUT2D eigenvalue weighted by molar-refractivity contribution is 0.357. The smallest absolute Gasteiger partial charge is 0.196 e. The summed E-state index contributed by atoms with van der Waals surface area (Å²) in [6.07, 6.45) is 0. The normalized spacial score (nSPS) is 11.9. The molecule has 20 heavy (non-hydrogen) atoms. The van der Waals surface area contributed by atoms with Crippen LogP contribution in [0.3, 0.4) is 0 Å². The van der Waals surface area contributed by atoms with Crippen LogP contribution in [0.15, 0.2) is 0 Å². The van der Waals surface area contributed by atoms with Crippen LogP contribution < -0.4 is 10.5 Å². The fourth-order valence-electron chi connectivity index (χ4n) is 1.74. The lowest BCUT2D eigenvalue weighted by atomic mass is 10.1. The van der Waals surface area contributed by atoms with Crippen LogP contribution in [0.2, 0.25) is 0 Å². The highest BCUT2D eigenvalue weighted by Crippen LogP contribution is 2.42. The molecule has 0 amide bonds. The molecule has 0 saturated carbocycles. The summed E-state index contributed by atoms with van der Waals surface area (Å²) in [6, 6.07) is 0. The molecule has 0 aliphatic rings. The van der Waals surface area contributed by atoms with Crippen molar-refractivity contribution >= 4 is 51.9 Å². The second-order valence-electron chi connectivity index (χ2n) is 4.72. The van der Waals surface area contributed by atoms with Crippen molar-refractivity contribution in [1.82, 2.24) is 9.97 Å². The average Bonchev–Trinajstić information content (AvgIpc) is 2.35. The molecule has 1 heterocycles. The second-order valence-corrected chi connectivity index (χ2v) is 6.92. The summed E-state index contributed by atoms with van der Waals surface area (Å²) in [7, 11) is 1.34. The van der Waals surface area contributed by atoms with Gasteiger partial charge in [0.2, 0.25) is 0 Å². The number of ether oxygens (including phenoxy) is 1. The highest BCUT2D eigenvalue weighted by atomic mass is 127. The van der Waals surface area contributed by atoms with Crippen LogP contribution in [0, 0.1) is 9.39 Å². The molecular weight excluding hydrogens is 396 g/mol. The van der Waals surface area contributed by atoms with Crippen molar-refractivity contribution in [3.8, 4) is 11.5 Å². The van der Waals surface area contributed by atoms with E-state index in [9.17, 15) is 9.50 Å². The van der Waals surface area contributed by atoms with E-state index in [0.717, 1.165) is 0 Å². The summed E-state index contributed by atoms with van der Waals surface area (Å²) in [5.41, 5.74) is 6.10. The molecule has 2 aromatic rings. The number of halogens is 2. The number of anilines is 1. The van der Waals surface area contributed by atoms with Gasteiger partial charge in [-0.1, -0.05) is 0 Å². The van der Waals surface area contributed by atoms with E-state index in [2.05, 4.69) is 22.6 Å². The topological polar surface area (TPSA) is 81.3 Å². The zero-order valence-corrected chi connectivity index (χ0v) is 14.1. The first-order valence-electron chi connectivity index (χ1n) is 5.62. The van der Waals surface area contributed by atoms with E-state index in [1.54, 1.807) is 13.8 Å². The summed E-state index contributed by atoms with van der Waals surface area (Å²) < 4.78 is 19.0. The number of nitrogen functional groups attached to an aromatic ring is 1. The van der Waals surface area contributed by atoms with Crippen LogP contribution in [-0.2, 0) is 4.75 Å². The maximum absolute atomic E-state index is 14.2. The van der Waals surface area contributed by atoms with Gasteiger partial charge < -0.3 is 15.6 Å². The van der Waals surface area contributed by atoms with Crippen molar-refractivity contribution in [2.75, 3.05) is 12.8 Å². The quantitative estimate of drug-likeness (QED) is 0.525. The third-order valence-corrected chi connectivity index (χ3v) is 3.94. The van der Waals surface area contributed by atoms with Crippen LogP contribution in [0.4, 0.5) is 10.2 Å². The van der Waals surface area contributed by atoms with Crippen molar-refractivity contribution in [2.45, 2.75) is 18.6 Å². The first-order chi connectivity index (χ1) is 9.18. The van der Waals surface area contributed by atoms with Crippen molar-refractivity contribution in [2.24, 2.45) is 0 Å². The molecule has 2 rings (SSSR count). The molecule has 0 bridgehead atoms. The second kappa shape index (κ2) is 5.06. The van der Waals surface area contributed by atoms with E-state index in [-0.39, 0.29) is 17.0 Å². The SMILES string of the molecule is COc1c(O)c(F)c2c(N)nc(C(C)(C)S)nc2c1I. The van der Waals surface area contributed by atoms with Gasteiger partial charge in [0.05, 0.1) is 26.3 Å². The Kier molecular flexibility index (Phi) is 3.89. The van der Waals surface area contributed by atoms with Crippen molar-refractivity contribution in [3.63, 3.8) is 0 Å². The van der Waals surface area contributed by atoms with Crippen LogP contribution in [0.5, 0.6) is 11.5 Å². The van der Waals surface area contributed by atoms with E-state index in [1.807, 2.05) is 22.6 Å². The Morgan fingerprint density at radius 2 is 2.00 bits per heavy atom. The highest BCUT2D eigenvalue weighted by molar-refractivity contribution is 14.1. The summed E-state index contributed by atoms with van der Waals surface area (Å²) in [5.74, 6) is -1.14. The molecule has 1 aromatic carbocycles. The highest BCUT2D eigenvalue weighted by Gasteiger charge is 2.26. The predicted octanol–water partition coefficient (Wildman–Crippen LogP) is 2.83. The molecule has 0 spiro atoms. The zero-order chi connectivity index (χ0) is 15.2. The molecule has 0 unspecified atom stereocenters. The van der Waals surface area contributed by atoms with Gasteiger partial charge in [-0.2, -0.15) is 12.6 Å². The van der Waals surface area contributed by atoms with Gasteiger partial charge in [-0.15, -0.1) is 0 Å². The van der Waals surface area contributed by atoms with Crippen LogP contribution >= 0.6 is 35.2 Å². The molecule has 108 valence electrons. The number of aromatic hydroxyl groups is 1. The lowest BCUT2D eigenvalue weighted by Gasteiger charge is -2.18. The summed E-state index contributed by atoms with van der Waals surface area (Å²) in [4.78, 5) is 8.38. The minimum Gasteiger partial charge on any atom is -0.502 e. The van der Waals surface area contributed by atoms with Crippen molar-refractivity contribution < 1.29 is 14.2 Å². The number of methoxy groups -OCH3 is 1. The van der Waals surface area contributed by atoms with Crippen LogP contribution in [0.25, 0.3) is 10.9 Å². The largest absolute Gasteiger partial charge is 0.502 e. The van der Waals surface area contributed by atoms with Gasteiger partial charge in [-0.3, -0.25) is 0 Å². The molecule has 1 aromatic heterocycles. The van der Waals surface area contributed by atoms with E-state index in [1.165, 1.54) is 7.11 Å². The molecule has 0 saturated heterocycles. The number of phenols is 1. The number of rotatable bonds is 2. The number of nitrogens with zero attached hydrogens (tertiary/aromatic N) is 2. The van der Waals surface area contributed by atoms with Gasteiger partial charge in [0, 0.05) is 0 Å². The Balaban J connectivity index is 2.97. The Labute approximate surface area is 134 Å².